The number of benzene rings is 2. The molecule has 0 aromatic heterocycles. The first-order chi connectivity index (χ1) is 13.8. The molecule has 0 aliphatic carbocycles. The summed E-state index contributed by atoms with van der Waals surface area (Å²) >= 11 is 6.00. The lowest BCUT2D eigenvalue weighted by molar-refractivity contribution is -0.118. The van der Waals surface area contributed by atoms with Crippen LogP contribution in [0.15, 0.2) is 47.4 Å². The van der Waals surface area contributed by atoms with Crippen molar-refractivity contribution in [1.82, 2.24) is 4.31 Å². The molecule has 0 aliphatic heterocycles. The second-order valence-corrected chi connectivity index (χ2v) is 8.29. The van der Waals surface area contributed by atoms with Gasteiger partial charge in [0.15, 0.2) is 6.61 Å². The van der Waals surface area contributed by atoms with E-state index in [2.05, 4.69) is 5.32 Å². The van der Waals surface area contributed by atoms with Crippen molar-refractivity contribution in [2.24, 2.45) is 0 Å². The molecule has 29 heavy (non-hydrogen) atoms. The minimum atomic E-state index is -3.80. The van der Waals surface area contributed by atoms with Crippen LogP contribution in [0.25, 0.3) is 0 Å². The number of halogens is 1. The number of anilines is 1. The van der Waals surface area contributed by atoms with Gasteiger partial charge in [-0.25, -0.2) is 8.42 Å². The van der Waals surface area contributed by atoms with Crippen LogP contribution < -0.4 is 14.8 Å². The Morgan fingerprint density at radius 1 is 1.03 bits per heavy atom. The van der Waals surface area contributed by atoms with Crippen molar-refractivity contribution in [2.45, 2.75) is 25.7 Å². The third kappa shape index (κ3) is 5.85. The molecule has 2 rings (SSSR count). The average Bonchev–Trinajstić information content (AvgIpc) is 2.69. The van der Waals surface area contributed by atoms with E-state index in [9.17, 15) is 13.2 Å². The van der Waals surface area contributed by atoms with Gasteiger partial charge in [0.1, 0.15) is 16.4 Å². The lowest BCUT2D eigenvalue weighted by Crippen LogP contribution is -2.31. The summed E-state index contributed by atoms with van der Waals surface area (Å²) in [6.45, 7) is 6.04. The molecule has 0 saturated heterocycles. The molecular weight excluding hydrogens is 416 g/mol. The van der Waals surface area contributed by atoms with E-state index >= 15 is 0 Å². The van der Waals surface area contributed by atoms with Crippen LogP contribution in [0.1, 0.15) is 20.8 Å². The fourth-order valence-corrected chi connectivity index (χ4v) is 4.54. The molecule has 0 heterocycles. The second-order valence-electron chi connectivity index (χ2n) is 5.95. The summed E-state index contributed by atoms with van der Waals surface area (Å²) in [6.07, 6.45) is 0. The van der Waals surface area contributed by atoms with Gasteiger partial charge in [-0.3, -0.25) is 4.79 Å². The van der Waals surface area contributed by atoms with Crippen LogP contribution in [0.5, 0.6) is 11.5 Å². The van der Waals surface area contributed by atoms with Crippen LogP contribution >= 0.6 is 11.6 Å². The first-order valence-electron chi connectivity index (χ1n) is 9.27. The number of amides is 1. The summed E-state index contributed by atoms with van der Waals surface area (Å²) in [4.78, 5) is 12.3. The van der Waals surface area contributed by atoms with Crippen LogP contribution in [-0.2, 0) is 14.8 Å². The predicted molar refractivity (Wildman–Crippen MR) is 113 cm³/mol. The van der Waals surface area contributed by atoms with E-state index in [-0.39, 0.29) is 22.3 Å². The van der Waals surface area contributed by atoms with E-state index in [1.807, 2.05) is 6.92 Å². The smallest absolute Gasteiger partial charge is 0.262 e. The van der Waals surface area contributed by atoms with E-state index in [0.717, 1.165) is 0 Å². The predicted octanol–water partition coefficient (Wildman–Crippen LogP) is 3.79. The molecule has 2 aromatic carbocycles. The number of nitrogens with one attached hydrogen (secondary N) is 1. The summed E-state index contributed by atoms with van der Waals surface area (Å²) in [5.41, 5.74) is 0.509. The van der Waals surface area contributed by atoms with Crippen molar-refractivity contribution in [2.75, 3.05) is 31.6 Å². The number of hydrogen-bond acceptors (Lipinski definition) is 5. The van der Waals surface area contributed by atoms with Crippen molar-refractivity contribution >= 4 is 33.2 Å². The van der Waals surface area contributed by atoms with E-state index in [0.29, 0.717) is 31.1 Å². The summed E-state index contributed by atoms with van der Waals surface area (Å²) in [5.74, 6) is 0.160. The van der Waals surface area contributed by atoms with Gasteiger partial charge in [0.25, 0.3) is 5.91 Å². The van der Waals surface area contributed by atoms with Crippen molar-refractivity contribution < 1.29 is 22.7 Å². The Morgan fingerprint density at radius 2 is 1.72 bits per heavy atom. The van der Waals surface area contributed by atoms with Gasteiger partial charge in [-0.05, 0) is 37.3 Å². The minimum absolute atomic E-state index is 0.0644. The normalized spacial score (nSPS) is 11.3. The number of carbonyl (C=O) groups excluding carboxylic acids is 1. The molecule has 0 bridgehead atoms. The van der Waals surface area contributed by atoms with Gasteiger partial charge in [0.05, 0.1) is 12.3 Å². The van der Waals surface area contributed by atoms with Crippen molar-refractivity contribution in [1.29, 1.82) is 0 Å². The maximum Gasteiger partial charge on any atom is 0.262 e. The molecule has 9 heteroatoms. The van der Waals surface area contributed by atoms with Crippen molar-refractivity contribution in [3.8, 4) is 11.5 Å². The van der Waals surface area contributed by atoms with E-state index in [1.54, 1.807) is 38.1 Å². The standard InChI is InChI=1S/C20H25ClN2O5S/c1-4-23(5-2)29(25,26)19-13-15(21)11-12-18(19)28-14-20(24)22-16-9-7-8-10-17(16)27-6-3/h7-13H,4-6,14H2,1-3H3,(H,22,24). The molecule has 0 unspecified atom stereocenters. The molecule has 0 radical (unpaired) electrons. The van der Waals surface area contributed by atoms with Gasteiger partial charge < -0.3 is 14.8 Å². The zero-order valence-corrected chi connectivity index (χ0v) is 18.2. The number of carbonyl (C=O) groups is 1. The van der Waals surface area contributed by atoms with Crippen LogP contribution in [0.4, 0.5) is 5.69 Å². The highest BCUT2D eigenvalue weighted by atomic mass is 35.5. The number of rotatable bonds is 10. The van der Waals surface area contributed by atoms with Crippen LogP contribution in [0, 0.1) is 0 Å². The molecule has 0 fully saturated rings. The Bertz CT molecular complexity index is 946. The third-order valence-corrected chi connectivity index (χ3v) is 6.35. The maximum atomic E-state index is 12.9. The van der Waals surface area contributed by atoms with Crippen molar-refractivity contribution in [3.05, 3.63) is 47.5 Å². The highest BCUT2D eigenvalue weighted by molar-refractivity contribution is 7.89. The zero-order chi connectivity index (χ0) is 21.4. The van der Waals surface area contributed by atoms with Crippen LogP contribution in [0.3, 0.4) is 0 Å². The Hall–Kier alpha value is -2.29. The Morgan fingerprint density at radius 3 is 2.38 bits per heavy atom. The maximum absolute atomic E-state index is 12.9. The lowest BCUT2D eigenvalue weighted by Gasteiger charge is -2.20. The number of hydrogen-bond donors (Lipinski definition) is 1. The lowest BCUT2D eigenvalue weighted by atomic mass is 10.3. The SMILES string of the molecule is CCOc1ccccc1NC(=O)COc1ccc(Cl)cc1S(=O)(=O)N(CC)CC. The first kappa shape index (κ1) is 23.0. The van der Waals surface area contributed by atoms with Gasteiger partial charge >= 0.3 is 0 Å². The Balaban J connectivity index is 2.18. The quantitative estimate of drug-likeness (QED) is 0.607. The minimum Gasteiger partial charge on any atom is -0.492 e. The summed E-state index contributed by atoms with van der Waals surface area (Å²) in [7, 11) is -3.80. The van der Waals surface area contributed by atoms with Crippen molar-refractivity contribution in [3.63, 3.8) is 0 Å². The molecule has 158 valence electrons. The molecule has 7 nitrogen and oxygen atoms in total. The fourth-order valence-electron chi connectivity index (χ4n) is 2.69. The molecule has 0 aliphatic rings. The van der Waals surface area contributed by atoms with Gasteiger partial charge in [-0.15, -0.1) is 0 Å². The molecule has 1 amide bonds. The molecule has 0 atom stereocenters. The Kier molecular flexibility index (Phi) is 8.31. The highest BCUT2D eigenvalue weighted by Crippen LogP contribution is 2.30. The van der Waals surface area contributed by atoms with Crippen LogP contribution in [0.2, 0.25) is 5.02 Å². The summed E-state index contributed by atoms with van der Waals surface area (Å²) in [6, 6.07) is 11.3. The summed E-state index contributed by atoms with van der Waals surface area (Å²) < 4.78 is 38.1. The van der Waals surface area contributed by atoms with E-state index in [1.165, 1.54) is 22.5 Å². The first-order valence-corrected chi connectivity index (χ1v) is 11.1. The fraction of sp³-hybridized carbons (Fsp3) is 0.350. The molecular formula is C20H25ClN2O5S. The molecule has 0 saturated carbocycles. The van der Waals surface area contributed by atoms with E-state index in [4.69, 9.17) is 21.1 Å². The summed E-state index contributed by atoms with van der Waals surface area (Å²) in [5, 5.41) is 2.97. The third-order valence-electron chi connectivity index (χ3n) is 4.05. The average molecular weight is 441 g/mol. The number of para-hydroxylation sites is 2. The number of ether oxygens (including phenoxy) is 2. The van der Waals surface area contributed by atoms with Gasteiger partial charge in [0.2, 0.25) is 10.0 Å². The highest BCUT2D eigenvalue weighted by Gasteiger charge is 2.26. The molecule has 0 spiro atoms. The van der Waals surface area contributed by atoms with E-state index < -0.39 is 15.9 Å². The number of sulfonamides is 1. The molecule has 1 N–H and O–H groups in total. The Labute approximate surface area is 176 Å². The van der Waals surface area contributed by atoms with Gasteiger partial charge in [0, 0.05) is 18.1 Å². The number of nitrogens with zero attached hydrogens (tertiary/aromatic N) is 1. The monoisotopic (exact) mass is 440 g/mol. The largest absolute Gasteiger partial charge is 0.492 e. The van der Waals surface area contributed by atoms with Gasteiger partial charge in [-0.2, -0.15) is 4.31 Å². The van der Waals surface area contributed by atoms with Gasteiger partial charge in [-0.1, -0.05) is 37.6 Å². The van der Waals surface area contributed by atoms with Crippen LogP contribution in [-0.4, -0.2) is 44.9 Å². The zero-order valence-electron chi connectivity index (χ0n) is 16.6. The second kappa shape index (κ2) is 10.5. The topological polar surface area (TPSA) is 84.9 Å². The molecule has 2 aromatic rings.